The van der Waals surface area contributed by atoms with Crippen LogP contribution in [0.3, 0.4) is 0 Å². The number of ether oxygens (including phenoxy) is 2. The number of nitrogens with one attached hydrogen (secondary N) is 1. The Morgan fingerprint density at radius 1 is 1.08 bits per heavy atom. The van der Waals surface area contributed by atoms with Gasteiger partial charge in [0.05, 0.1) is 6.61 Å². The molecule has 0 saturated heterocycles. The summed E-state index contributed by atoms with van der Waals surface area (Å²) in [6.07, 6.45) is 4.04. The zero-order valence-corrected chi connectivity index (χ0v) is 14.9. The van der Waals surface area contributed by atoms with Crippen LogP contribution in [0.1, 0.15) is 38.1 Å². The summed E-state index contributed by atoms with van der Waals surface area (Å²) in [5.74, 6) is 1.16. The van der Waals surface area contributed by atoms with Crippen LogP contribution in [-0.2, 0) is 11.2 Å². The number of hydrogen-bond donors (Lipinski definition) is 1. The normalized spacial score (nSPS) is 10.4. The molecule has 24 heavy (non-hydrogen) atoms. The number of hydrogen-bond acceptors (Lipinski definition) is 6. The van der Waals surface area contributed by atoms with Crippen molar-refractivity contribution in [2.45, 2.75) is 39.5 Å². The van der Waals surface area contributed by atoms with Gasteiger partial charge in [0.1, 0.15) is 16.5 Å². The van der Waals surface area contributed by atoms with Gasteiger partial charge in [-0.1, -0.05) is 31.6 Å². The molecule has 1 amide bonds. The number of carbonyl (C=O) groups excluding carboxylic acids is 1. The summed E-state index contributed by atoms with van der Waals surface area (Å²) < 4.78 is 11.0. The molecule has 0 saturated carbocycles. The Morgan fingerprint density at radius 3 is 2.46 bits per heavy atom. The summed E-state index contributed by atoms with van der Waals surface area (Å²) in [4.78, 5) is 11.9. The van der Waals surface area contributed by atoms with E-state index in [0.29, 0.717) is 17.5 Å². The first-order valence-corrected chi connectivity index (χ1v) is 9.00. The van der Waals surface area contributed by atoms with Gasteiger partial charge in [-0.25, -0.2) is 0 Å². The van der Waals surface area contributed by atoms with Gasteiger partial charge in [0, 0.05) is 6.42 Å². The van der Waals surface area contributed by atoms with E-state index in [-0.39, 0.29) is 12.5 Å². The van der Waals surface area contributed by atoms with E-state index in [1.165, 1.54) is 11.3 Å². The van der Waals surface area contributed by atoms with Crippen molar-refractivity contribution in [2.24, 2.45) is 0 Å². The molecule has 0 radical (unpaired) electrons. The van der Waals surface area contributed by atoms with Gasteiger partial charge in [0.15, 0.2) is 6.61 Å². The summed E-state index contributed by atoms with van der Waals surface area (Å²) >= 11 is 1.41. The standard InChI is InChI=1S/C17H23N3O3S/c1-3-5-6-16-19-20-17(24-16)18-15(21)12-23-14-9-7-13(8-10-14)22-11-4-2/h7-10H,3-6,11-12H2,1-2H3,(H,18,20,21). The largest absolute Gasteiger partial charge is 0.494 e. The van der Waals surface area contributed by atoms with E-state index in [2.05, 4.69) is 29.4 Å². The molecule has 0 atom stereocenters. The quantitative estimate of drug-likeness (QED) is 0.708. The van der Waals surface area contributed by atoms with E-state index >= 15 is 0 Å². The van der Waals surface area contributed by atoms with E-state index in [9.17, 15) is 4.79 Å². The number of nitrogens with zero attached hydrogens (tertiary/aromatic N) is 2. The molecule has 0 aliphatic heterocycles. The monoisotopic (exact) mass is 349 g/mol. The summed E-state index contributed by atoms with van der Waals surface area (Å²) in [5, 5.41) is 12.2. The van der Waals surface area contributed by atoms with Crippen LogP contribution in [0.2, 0.25) is 0 Å². The third-order valence-electron chi connectivity index (χ3n) is 3.12. The van der Waals surface area contributed by atoms with Gasteiger partial charge in [-0.15, -0.1) is 10.2 Å². The SMILES string of the molecule is CCCCc1nnc(NC(=O)COc2ccc(OCCC)cc2)s1. The predicted molar refractivity (Wildman–Crippen MR) is 94.9 cm³/mol. The molecule has 2 rings (SSSR count). The fourth-order valence-corrected chi connectivity index (χ4v) is 2.69. The van der Waals surface area contributed by atoms with Crippen LogP contribution in [0.5, 0.6) is 11.5 Å². The van der Waals surface area contributed by atoms with Crippen molar-refractivity contribution in [3.63, 3.8) is 0 Å². The third kappa shape index (κ3) is 6.16. The van der Waals surface area contributed by atoms with Crippen molar-refractivity contribution in [1.82, 2.24) is 10.2 Å². The second-order valence-electron chi connectivity index (χ2n) is 5.26. The maximum Gasteiger partial charge on any atom is 0.264 e. The fraction of sp³-hybridized carbons (Fsp3) is 0.471. The highest BCUT2D eigenvalue weighted by Crippen LogP contribution is 2.19. The van der Waals surface area contributed by atoms with Gasteiger partial charge in [0.2, 0.25) is 5.13 Å². The van der Waals surface area contributed by atoms with Gasteiger partial charge in [-0.2, -0.15) is 0 Å². The molecule has 0 aliphatic carbocycles. The van der Waals surface area contributed by atoms with E-state index in [1.54, 1.807) is 12.1 Å². The van der Waals surface area contributed by atoms with Gasteiger partial charge in [-0.3, -0.25) is 10.1 Å². The molecule has 1 heterocycles. The van der Waals surface area contributed by atoms with Crippen LogP contribution in [0.15, 0.2) is 24.3 Å². The smallest absolute Gasteiger partial charge is 0.264 e. The molecule has 1 aromatic heterocycles. The van der Waals surface area contributed by atoms with Crippen LogP contribution < -0.4 is 14.8 Å². The zero-order chi connectivity index (χ0) is 17.2. The minimum Gasteiger partial charge on any atom is -0.494 e. The van der Waals surface area contributed by atoms with Crippen LogP contribution in [0.4, 0.5) is 5.13 Å². The number of rotatable bonds is 10. The maximum atomic E-state index is 11.9. The molecule has 1 N–H and O–H groups in total. The van der Waals surface area contributed by atoms with Crippen LogP contribution >= 0.6 is 11.3 Å². The van der Waals surface area contributed by atoms with Gasteiger partial charge >= 0.3 is 0 Å². The summed E-state index contributed by atoms with van der Waals surface area (Å²) in [6, 6.07) is 7.22. The molecule has 7 heteroatoms. The number of aromatic nitrogens is 2. The van der Waals surface area contributed by atoms with Gasteiger partial charge < -0.3 is 9.47 Å². The lowest BCUT2D eigenvalue weighted by Crippen LogP contribution is -2.20. The number of unbranched alkanes of at least 4 members (excludes halogenated alkanes) is 1. The Kier molecular flexibility index (Phi) is 7.48. The highest BCUT2D eigenvalue weighted by Gasteiger charge is 2.09. The lowest BCUT2D eigenvalue weighted by molar-refractivity contribution is -0.118. The topological polar surface area (TPSA) is 73.3 Å². The molecule has 6 nitrogen and oxygen atoms in total. The molecule has 1 aromatic carbocycles. The fourth-order valence-electron chi connectivity index (χ4n) is 1.89. The lowest BCUT2D eigenvalue weighted by Gasteiger charge is -2.07. The first kappa shape index (κ1) is 18.2. The molecular formula is C17H23N3O3S. The Morgan fingerprint density at radius 2 is 1.79 bits per heavy atom. The average Bonchev–Trinajstić information content (AvgIpc) is 3.04. The van der Waals surface area contributed by atoms with Crippen LogP contribution in [-0.4, -0.2) is 29.3 Å². The zero-order valence-electron chi connectivity index (χ0n) is 14.1. The molecule has 130 valence electrons. The number of carbonyl (C=O) groups is 1. The first-order valence-electron chi connectivity index (χ1n) is 8.19. The molecule has 0 spiro atoms. The van der Waals surface area contributed by atoms with E-state index < -0.39 is 0 Å². The molecule has 0 unspecified atom stereocenters. The predicted octanol–water partition coefficient (Wildman–Crippen LogP) is 3.69. The lowest BCUT2D eigenvalue weighted by atomic mass is 10.3. The molecule has 0 fully saturated rings. The van der Waals surface area contributed by atoms with Crippen LogP contribution in [0, 0.1) is 0 Å². The number of anilines is 1. The second-order valence-corrected chi connectivity index (χ2v) is 6.32. The number of amides is 1. The highest BCUT2D eigenvalue weighted by molar-refractivity contribution is 7.15. The number of benzene rings is 1. The van der Waals surface area contributed by atoms with E-state index in [4.69, 9.17) is 9.47 Å². The highest BCUT2D eigenvalue weighted by atomic mass is 32.1. The molecule has 2 aromatic rings. The van der Waals surface area contributed by atoms with Crippen molar-refractivity contribution < 1.29 is 14.3 Å². The van der Waals surface area contributed by atoms with Crippen molar-refractivity contribution in [3.8, 4) is 11.5 Å². The van der Waals surface area contributed by atoms with E-state index in [1.807, 2.05) is 12.1 Å². The molecular weight excluding hydrogens is 326 g/mol. The Hall–Kier alpha value is -2.15. The van der Waals surface area contributed by atoms with Crippen LogP contribution in [0.25, 0.3) is 0 Å². The molecule has 0 bridgehead atoms. The summed E-state index contributed by atoms with van der Waals surface area (Å²) in [6.45, 7) is 4.80. The minimum atomic E-state index is -0.250. The average molecular weight is 349 g/mol. The minimum absolute atomic E-state index is 0.0704. The van der Waals surface area contributed by atoms with Crippen molar-refractivity contribution in [3.05, 3.63) is 29.3 Å². The third-order valence-corrected chi connectivity index (χ3v) is 4.02. The Balaban J connectivity index is 1.75. The summed E-state index contributed by atoms with van der Waals surface area (Å²) in [7, 11) is 0. The first-order chi connectivity index (χ1) is 11.7. The van der Waals surface area contributed by atoms with Crippen molar-refractivity contribution >= 4 is 22.4 Å². The molecule has 0 aliphatic rings. The second kappa shape index (κ2) is 9.87. The van der Waals surface area contributed by atoms with Crippen molar-refractivity contribution in [2.75, 3.05) is 18.5 Å². The Labute approximate surface area is 146 Å². The van der Waals surface area contributed by atoms with Gasteiger partial charge in [-0.05, 0) is 37.1 Å². The number of aryl methyl sites for hydroxylation is 1. The van der Waals surface area contributed by atoms with E-state index in [0.717, 1.165) is 36.4 Å². The van der Waals surface area contributed by atoms with Gasteiger partial charge in [0.25, 0.3) is 5.91 Å². The van der Waals surface area contributed by atoms with Crippen molar-refractivity contribution in [1.29, 1.82) is 0 Å². The maximum absolute atomic E-state index is 11.9. The Bertz CT molecular complexity index is 628. The summed E-state index contributed by atoms with van der Waals surface area (Å²) in [5.41, 5.74) is 0.